The van der Waals surface area contributed by atoms with Gasteiger partial charge in [0.2, 0.25) is 0 Å². The number of benzene rings is 1. The molecule has 0 aliphatic heterocycles. The number of carbonyl (C=O) groups is 1. The zero-order chi connectivity index (χ0) is 18.2. The number of carbonyl (C=O) groups excluding carboxylic acids is 1. The van der Waals surface area contributed by atoms with Gasteiger partial charge in [0.05, 0.1) is 11.8 Å². The van der Waals surface area contributed by atoms with Crippen LogP contribution in [0.15, 0.2) is 36.7 Å². The Morgan fingerprint density at radius 3 is 2.48 bits per heavy atom. The minimum Gasteiger partial charge on any atom is -0.378 e. The van der Waals surface area contributed by atoms with E-state index in [0.29, 0.717) is 6.54 Å². The third-order valence-corrected chi connectivity index (χ3v) is 4.17. The van der Waals surface area contributed by atoms with Crippen LogP contribution in [0, 0.1) is 0 Å². The molecule has 0 saturated heterocycles. The van der Waals surface area contributed by atoms with E-state index in [1.54, 1.807) is 29.0 Å². The van der Waals surface area contributed by atoms with Crippen molar-refractivity contribution in [3.05, 3.63) is 53.3 Å². The molecule has 0 bridgehead atoms. The molecule has 134 valence electrons. The molecule has 1 fully saturated rings. The van der Waals surface area contributed by atoms with Crippen LogP contribution in [0.3, 0.4) is 0 Å². The first-order valence-corrected chi connectivity index (χ1v) is 7.89. The maximum absolute atomic E-state index is 12.6. The van der Waals surface area contributed by atoms with Crippen LogP contribution in [0.2, 0.25) is 0 Å². The molecule has 8 heteroatoms. The molecule has 5 nitrogen and oxygen atoms in total. The number of aliphatic hydroxyl groups excluding tert-OH is 1. The van der Waals surface area contributed by atoms with E-state index >= 15 is 0 Å². The Hall–Kier alpha value is -2.35. The summed E-state index contributed by atoms with van der Waals surface area (Å²) in [4.78, 5) is 14.2. The van der Waals surface area contributed by atoms with Crippen LogP contribution >= 0.6 is 0 Å². The number of hydrogen-bond acceptors (Lipinski definition) is 3. The molecule has 3 rings (SSSR count). The highest BCUT2D eigenvalue weighted by Gasteiger charge is 2.36. The SMILES string of the molecule is Cn1cc(CN(C(=O)[C@@H](O)c2ccc(C(F)(F)F)cc2)C2CC2)cn1. The third kappa shape index (κ3) is 4.01. The van der Waals surface area contributed by atoms with Crippen molar-refractivity contribution in [3.63, 3.8) is 0 Å². The Morgan fingerprint density at radius 2 is 2.00 bits per heavy atom. The van der Waals surface area contributed by atoms with Gasteiger partial charge in [-0.1, -0.05) is 12.1 Å². The van der Waals surface area contributed by atoms with Crippen molar-refractivity contribution in [2.45, 2.75) is 37.7 Å². The minimum absolute atomic E-state index is 0.0526. The minimum atomic E-state index is -4.45. The molecule has 1 N–H and O–H groups in total. The van der Waals surface area contributed by atoms with Crippen LogP contribution in [0.25, 0.3) is 0 Å². The number of aliphatic hydroxyl groups is 1. The van der Waals surface area contributed by atoms with Gasteiger partial charge in [0.25, 0.3) is 5.91 Å². The molecular formula is C17H18F3N3O2. The summed E-state index contributed by atoms with van der Waals surface area (Å²) in [5, 5.41) is 14.4. The van der Waals surface area contributed by atoms with Gasteiger partial charge < -0.3 is 10.0 Å². The fourth-order valence-electron chi connectivity index (χ4n) is 2.68. The molecule has 25 heavy (non-hydrogen) atoms. The Bertz CT molecular complexity index is 751. The number of rotatable bonds is 5. The first kappa shape index (κ1) is 17.5. The van der Waals surface area contributed by atoms with Gasteiger partial charge in [0.1, 0.15) is 0 Å². The van der Waals surface area contributed by atoms with Crippen molar-refractivity contribution in [1.29, 1.82) is 0 Å². The van der Waals surface area contributed by atoms with Gasteiger partial charge in [-0.05, 0) is 30.5 Å². The number of amides is 1. The molecule has 0 unspecified atom stereocenters. The van der Waals surface area contributed by atoms with E-state index < -0.39 is 23.8 Å². The van der Waals surface area contributed by atoms with E-state index in [1.807, 2.05) is 0 Å². The molecule has 1 saturated carbocycles. The van der Waals surface area contributed by atoms with Gasteiger partial charge in [0, 0.05) is 31.4 Å². The lowest BCUT2D eigenvalue weighted by atomic mass is 10.1. The van der Waals surface area contributed by atoms with Gasteiger partial charge in [-0.2, -0.15) is 18.3 Å². The summed E-state index contributed by atoms with van der Waals surface area (Å²) < 4.78 is 39.5. The zero-order valence-corrected chi connectivity index (χ0v) is 13.6. The van der Waals surface area contributed by atoms with E-state index in [4.69, 9.17) is 0 Å². The molecule has 1 aromatic carbocycles. The van der Waals surface area contributed by atoms with E-state index in [0.717, 1.165) is 42.7 Å². The van der Waals surface area contributed by atoms with E-state index in [1.165, 1.54) is 0 Å². The van der Waals surface area contributed by atoms with Crippen molar-refractivity contribution in [2.75, 3.05) is 0 Å². The van der Waals surface area contributed by atoms with Crippen molar-refractivity contribution in [2.24, 2.45) is 7.05 Å². The normalized spacial score (nSPS) is 15.9. The molecule has 1 heterocycles. The lowest BCUT2D eigenvalue weighted by Crippen LogP contribution is -2.36. The molecule has 2 aromatic rings. The predicted molar refractivity (Wildman–Crippen MR) is 83.2 cm³/mol. The van der Waals surface area contributed by atoms with Gasteiger partial charge in [-0.15, -0.1) is 0 Å². The summed E-state index contributed by atoms with van der Waals surface area (Å²) in [7, 11) is 1.77. The molecule has 1 amide bonds. The van der Waals surface area contributed by atoms with Crippen molar-refractivity contribution in [3.8, 4) is 0 Å². The second-order valence-corrected chi connectivity index (χ2v) is 6.24. The van der Waals surface area contributed by atoms with E-state index in [-0.39, 0.29) is 11.6 Å². The van der Waals surface area contributed by atoms with Crippen LogP contribution in [-0.4, -0.2) is 31.7 Å². The van der Waals surface area contributed by atoms with Crippen LogP contribution in [0.1, 0.15) is 35.6 Å². The summed E-state index contributed by atoms with van der Waals surface area (Å²) in [6.07, 6.45) is -0.800. The smallest absolute Gasteiger partial charge is 0.378 e. The zero-order valence-electron chi connectivity index (χ0n) is 13.6. The summed E-state index contributed by atoms with van der Waals surface area (Å²) in [5.74, 6) is -0.508. The second-order valence-electron chi connectivity index (χ2n) is 6.24. The molecule has 0 spiro atoms. The monoisotopic (exact) mass is 353 g/mol. The molecule has 1 aliphatic carbocycles. The maximum Gasteiger partial charge on any atom is 0.416 e. The molecule has 1 aliphatic rings. The molecule has 1 atom stereocenters. The average Bonchev–Trinajstić information content (AvgIpc) is 3.33. The van der Waals surface area contributed by atoms with Gasteiger partial charge in [-0.25, -0.2) is 0 Å². The summed E-state index contributed by atoms with van der Waals surface area (Å²) in [6.45, 7) is 0.315. The number of hydrogen-bond donors (Lipinski definition) is 1. The van der Waals surface area contributed by atoms with Crippen LogP contribution in [-0.2, 0) is 24.6 Å². The lowest BCUT2D eigenvalue weighted by Gasteiger charge is -2.25. The Balaban J connectivity index is 1.75. The Labute approximate surface area is 142 Å². The van der Waals surface area contributed by atoms with Crippen LogP contribution < -0.4 is 0 Å². The third-order valence-electron chi connectivity index (χ3n) is 4.17. The van der Waals surface area contributed by atoms with Crippen LogP contribution in [0.5, 0.6) is 0 Å². The highest BCUT2D eigenvalue weighted by atomic mass is 19.4. The van der Waals surface area contributed by atoms with Gasteiger partial charge in [0.15, 0.2) is 6.10 Å². The topological polar surface area (TPSA) is 58.4 Å². The number of aryl methyl sites for hydroxylation is 1. The van der Waals surface area contributed by atoms with E-state index in [9.17, 15) is 23.1 Å². The summed E-state index contributed by atoms with van der Waals surface area (Å²) in [5.41, 5.74) is 0.169. The van der Waals surface area contributed by atoms with Crippen molar-refractivity contribution in [1.82, 2.24) is 14.7 Å². The number of aromatic nitrogens is 2. The molecular weight excluding hydrogens is 335 g/mol. The summed E-state index contributed by atoms with van der Waals surface area (Å²) in [6, 6.07) is 4.07. The van der Waals surface area contributed by atoms with Gasteiger partial charge >= 0.3 is 6.18 Å². The highest BCUT2D eigenvalue weighted by molar-refractivity contribution is 5.82. The first-order chi connectivity index (χ1) is 11.8. The van der Waals surface area contributed by atoms with Crippen molar-refractivity contribution >= 4 is 5.91 Å². The largest absolute Gasteiger partial charge is 0.416 e. The van der Waals surface area contributed by atoms with Crippen molar-refractivity contribution < 1.29 is 23.1 Å². The summed E-state index contributed by atoms with van der Waals surface area (Å²) >= 11 is 0. The second kappa shape index (κ2) is 6.51. The quantitative estimate of drug-likeness (QED) is 0.899. The fraction of sp³-hybridized carbons (Fsp3) is 0.412. The first-order valence-electron chi connectivity index (χ1n) is 7.89. The van der Waals surface area contributed by atoms with Gasteiger partial charge in [-0.3, -0.25) is 9.48 Å². The highest BCUT2D eigenvalue weighted by Crippen LogP contribution is 2.33. The molecule has 1 aromatic heterocycles. The maximum atomic E-state index is 12.6. The predicted octanol–water partition coefficient (Wildman–Crippen LogP) is 2.66. The number of alkyl halides is 3. The Morgan fingerprint density at radius 1 is 1.36 bits per heavy atom. The lowest BCUT2D eigenvalue weighted by molar-refractivity contribution is -0.141. The number of halogens is 3. The van der Waals surface area contributed by atoms with E-state index in [2.05, 4.69) is 5.10 Å². The number of nitrogens with zero attached hydrogens (tertiary/aromatic N) is 3. The fourth-order valence-corrected chi connectivity index (χ4v) is 2.68. The molecule has 0 radical (unpaired) electrons. The standard InChI is InChI=1S/C17H18F3N3O2/c1-22-9-11(8-21-22)10-23(14-6-7-14)16(25)15(24)12-2-4-13(5-3-12)17(18,19)20/h2-5,8-9,14-15,24H,6-7,10H2,1H3/t15-/m0/s1. The van der Waals surface area contributed by atoms with Crippen LogP contribution in [0.4, 0.5) is 13.2 Å². The average molecular weight is 353 g/mol. The Kier molecular flexibility index (Phi) is 4.55.